The molecule has 3 aromatic rings. The van der Waals surface area contributed by atoms with Crippen LogP contribution in [0.25, 0.3) is 0 Å². The van der Waals surface area contributed by atoms with Gasteiger partial charge >= 0.3 is 0 Å². The summed E-state index contributed by atoms with van der Waals surface area (Å²) in [6, 6.07) is 26.9. The third kappa shape index (κ3) is 5.77. The number of halogens is 3. The molecular weight excluding hydrogens is 517 g/mol. The molecule has 1 saturated heterocycles. The second kappa shape index (κ2) is 12.7. The minimum atomic E-state index is -0.498. The monoisotopic (exact) mass is 545 g/mol. The highest BCUT2D eigenvalue weighted by molar-refractivity contribution is 6.55. The summed E-state index contributed by atoms with van der Waals surface area (Å²) < 4.78 is 0. The van der Waals surface area contributed by atoms with Crippen LogP contribution in [-0.2, 0) is 4.79 Å². The van der Waals surface area contributed by atoms with Gasteiger partial charge in [0.1, 0.15) is 0 Å². The summed E-state index contributed by atoms with van der Waals surface area (Å²) in [7, 11) is 0. The molecule has 0 N–H and O–H groups in total. The largest absolute Gasteiger partial charge is 0.305 e. The standard InChI is InChI=1S/C28H28ClN3O2.2ClH/c29-23-13-7-14-24-25(23)27(33)28(34)32(24)16-8-15-30-17-19-31(20-18-30)26(21-9-3-1-4-10-21)22-11-5-2-6-12-22;;/h1-7,9-14,26H,8,15-20H2;2*1H. The molecule has 2 heterocycles. The molecule has 0 aliphatic carbocycles. The molecule has 5 nitrogen and oxygen atoms in total. The molecule has 1 amide bonds. The van der Waals surface area contributed by atoms with E-state index in [1.54, 1.807) is 23.1 Å². The highest BCUT2D eigenvalue weighted by atomic mass is 35.5. The second-order valence-corrected chi connectivity index (χ2v) is 9.28. The number of carbonyl (C=O) groups excluding carboxylic acids is 2. The molecule has 0 spiro atoms. The van der Waals surface area contributed by atoms with Gasteiger partial charge < -0.3 is 9.80 Å². The molecule has 0 atom stereocenters. The zero-order valence-electron chi connectivity index (χ0n) is 19.9. The van der Waals surface area contributed by atoms with Crippen molar-refractivity contribution in [3.63, 3.8) is 0 Å². The molecule has 36 heavy (non-hydrogen) atoms. The van der Waals surface area contributed by atoms with E-state index in [0.29, 0.717) is 22.8 Å². The van der Waals surface area contributed by atoms with Crippen molar-refractivity contribution in [2.24, 2.45) is 0 Å². The molecule has 0 unspecified atom stereocenters. The lowest BCUT2D eigenvalue weighted by Crippen LogP contribution is -2.48. The Bertz CT molecular complexity index is 1130. The molecule has 0 bridgehead atoms. The SMILES string of the molecule is Cl.Cl.O=C1C(=O)N(CCCN2CCN(C(c3ccccc3)c3ccccc3)CC2)c2cccc(Cl)c21. The van der Waals surface area contributed by atoms with Gasteiger partial charge in [-0.15, -0.1) is 24.8 Å². The Labute approximate surface area is 229 Å². The number of Topliss-reactive ketones (excluding diaryl/α,β-unsaturated/α-hetero) is 1. The molecule has 5 rings (SSSR count). The van der Waals surface area contributed by atoms with Crippen molar-refractivity contribution >= 4 is 53.8 Å². The third-order valence-corrected chi connectivity index (χ3v) is 7.12. The lowest BCUT2D eigenvalue weighted by molar-refractivity contribution is -0.114. The predicted molar refractivity (Wildman–Crippen MR) is 150 cm³/mol. The normalized spacial score (nSPS) is 16.0. The maximum atomic E-state index is 12.5. The van der Waals surface area contributed by atoms with Crippen molar-refractivity contribution in [3.8, 4) is 0 Å². The number of rotatable bonds is 7. The summed E-state index contributed by atoms with van der Waals surface area (Å²) in [4.78, 5) is 31.4. The van der Waals surface area contributed by atoms with E-state index in [1.807, 2.05) is 0 Å². The first kappa shape index (κ1) is 28.2. The van der Waals surface area contributed by atoms with Crippen LogP contribution in [0.15, 0.2) is 78.9 Å². The lowest BCUT2D eigenvalue weighted by Gasteiger charge is -2.40. The number of ketones is 1. The first-order valence-corrected chi connectivity index (χ1v) is 12.2. The minimum absolute atomic E-state index is 0. The first-order valence-electron chi connectivity index (χ1n) is 11.8. The Kier molecular flexibility index (Phi) is 9.94. The van der Waals surface area contributed by atoms with Crippen molar-refractivity contribution < 1.29 is 9.59 Å². The van der Waals surface area contributed by atoms with Crippen LogP contribution >= 0.6 is 36.4 Å². The number of nitrogens with zero attached hydrogens (tertiary/aromatic N) is 3. The van der Waals surface area contributed by atoms with Crippen molar-refractivity contribution in [2.75, 3.05) is 44.2 Å². The highest BCUT2D eigenvalue weighted by Crippen LogP contribution is 2.34. The van der Waals surface area contributed by atoms with E-state index < -0.39 is 11.7 Å². The fraction of sp³-hybridized carbons (Fsp3) is 0.286. The fourth-order valence-corrected chi connectivity index (χ4v) is 5.36. The van der Waals surface area contributed by atoms with Gasteiger partial charge in [-0.25, -0.2) is 0 Å². The fourth-order valence-electron chi connectivity index (χ4n) is 5.11. The van der Waals surface area contributed by atoms with Gasteiger partial charge in [-0.1, -0.05) is 78.3 Å². The number of hydrogen-bond acceptors (Lipinski definition) is 4. The van der Waals surface area contributed by atoms with Gasteiger partial charge in [-0.05, 0) is 36.2 Å². The quantitative estimate of drug-likeness (QED) is 0.367. The number of carbonyl (C=O) groups is 2. The number of anilines is 1. The summed E-state index contributed by atoms with van der Waals surface area (Å²) in [5.41, 5.74) is 3.62. The van der Waals surface area contributed by atoms with Gasteiger partial charge in [0, 0.05) is 32.7 Å². The van der Waals surface area contributed by atoms with Gasteiger partial charge in [0.15, 0.2) is 0 Å². The molecule has 3 aromatic carbocycles. The molecule has 8 heteroatoms. The topological polar surface area (TPSA) is 43.9 Å². The molecule has 0 aromatic heterocycles. The zero-order chi connectivity index (χ0) is 23.5. The molecule has 1 fully saturated rings. The van der Waals surface area contributed by atoms with Crippen LogP contribution in [0.4, 0.5) is 5.69 Å². The molecule has 0 radical (unpaired) electrons. The second-order valence-electron chi connectivity index (χ2n) is 8.87. The Morgan fingerprint density at radius 3 is 1.89 bits per heavy atom. The van der Waals surface area contributed by atoms with E-state index in [4.69, 9.17) is 11.6 Å². The van der Waals surface area contributed by atoms with Gasteiger partial charge in [0.2, 0.25) is 0 Å². The van der Waals surface area contributed by atoms with E-state index in [0.717, 1.165) is 39.1 Å². The van der Waals surface area contributed by atoms with Crippen molar-refractivity contribution in [1.82, 2.24) is 9.80 Å². The van der Waals surface area contributed by atoms with E-state index >= 15 is 0 Å². The van der Waals surface area contributed by atoms with Gasteiger partial charge in [0.25, 0.3) is 11.7 Å². The van der Waals surface area contributed by atoms with Crippen LogP contribution in [0.5, 0.6) is 0 Å². The average molecular weight is 547 g/mol. The Morgan fingerprint density at radius 1 is 0.722 bits per heavy atom. The summed E-state index contributed by atoms with van der Waals surface area (Å²) in [6.07, 6.45) is 0.811. The Morgan fingerprint density at radius 2 is 1.31 bits per heavy atom. The van der Waals surface area contributed by atoms with Crippen LogP contribution < -0.4 is 4.90 Å². The highest BCUT2D eigenvalue weighted by Gasteiger charge is 2.37. The molecule has 0 saturated carbocycles. The molecule has 190 valence electrons. The van der Waals surface area contributed by atoms with Crippen LogP contribution in [0.3, 0.4) is 0 Å². The average Bonchev–Trinajstić information content (AvgIpc) is 3.12. The summed E-state index contributed by atoms with van der Waals surface area (Å²) in [5.74, 6) is -0.969. The van der Waals surface area contributed by atoms with Crippen molar-refractivity contribution in [2.45, 2.75) is 12.5 Å². The first-order chi connectivity index (χ1) is 16.6. The van der Waals surface area contributed by atoms with Crippen LogP contribution in [0, 0.1) is 0 Å². The molecular formula is C28H30Cl3N3O2. The summed E-state index contributed by atoms with van der Waals surface area (Å²) in [5, 5.41) is 0.348. The number of hydrogen-bond donors (Lipinski definition) is 0. The van der Waals surface area contributed by atoms with E-state index in [1.165, 1.54) is 11.1 Å². The third-order valence-electron chi connectivity index (χ3n) is 6.81. The number of amides is 1. The minimum Gasteiger partial charge on any atom is -0.305 e. The van der Waals surface area contributed by atoms with Gasteiger partial charge in [0.05, 0.1) is 22.3 Å². The lowest BCUT2D eigenvalue weighted by atomic mass is 9.96. The molecule has 2 aliphatic rings. The predicted octanol–water partition coefficient (Wildman–Crippen LogP) is 5.51. The van der Waals surface area contributed by atoms with Gasteiger partial charge in [-0.3, -0.25) is 14.5 Å². The van der Waals surface area contributed by atoms with Crippen LogP contribution in [0.2, 0.25) is 5.02 Å². The number of fused-ring (bicyclic) bond motifs is 1. The van der Waals surface area contributed by atoms with Crippen molar-refractivity contribution in [1.29, 1.82) is 0 Å². The number of piperazine rings is 1. The summed E-state index contributed by atoms with van der Waals surface area (Å²) in [6.45, 7) is 5.33. The van der Waals surface area contributed by atoms with E-state index in [2.05, 4.69) is 70.5 Å². The summed E-state index contributed by atoms with van der Waals surface area (Å²) >= 11 is 6.17. The Balaban J connectivity index is 0.00000180. The van der Waals surface area contributed by atoms with Crippen LogP contribution in [-0.4, -0.2) is 60.8 Å². The van der Waals surface area contributed by atoms with E-state index in [9.17, 15) is 9.59 Å². The van der Waals surface area contributed by atoms with Crippen molar-refractivity contribution in [3.05, 3.63) is 101 Å². The zero-order valence-corrected chi connectivity index (χ0v) is 22.3. The van der Waals surface area contributed by atoms with Crippen LogP contribution in [0.1, 0.15) is 33.9 Å². The maximum Gasteiger partial charge on any atom is 0.299 e. The Hall–Kier alpha value is -2.41. The molecule has 2 aliphatic heterocycles. The maximum absolute atomic E-state index is 12.5. The smallest absolute Gasteiger partial charge is 0.299 e. The van der Waals surface area contributed by atoms with Gasteiger partial charge in [-0.2, -0.15) is 0 Å². The van der Waals surface area contributed by atoms with E-state index in [-0.39, 0.29) is 30.9 Å². The number of benzene rings is 3.